The van der Waals surface area contributed by atoms with E-state index in [9.17, 15) is 14.0 Å². The molecule has 8 nitrogen and oxygen atoms in total. The summed E-state index contributed by atoms with van der Waals surface area (Å²) < 4.78 is 15.3. The lowest BCUT2D eigenvalue weighted by Crippen LogP contribution is -2.56. The third kappa shape index (κ3) is 6.22. The Morgan fingerprint density at radius 3 is 2.63 bits per heavy atom. The van der Waals surface area contributed by atoms with Gasteiger partial charge in [-0.05, 0) is 55.6 Å². The topological polar surface area (TPSA) is 92.2 Å². The monoisotopic (exact) mass is 538 g/mol. The first kappa shape index (κ1) is 26.3. The highest BCUT2D eigenvalue weighted by Crippen LogP contribution is 2.36. The number of aromatic nitrogens is 3. The lowest BCUT2D eigenvalue weighted by Gasteiger charge is -2.41. The number of nitrogens with zero attached hydrogens (tertiary/aromatic N) is 4. The number of hydrogen-bond acceptors (Lipinski definition) is 5. The van der Waals surface area contributed by atoms with Crippen LogP contribution in [0.1, 0.15) is 36.1 Å². The van der Waals surface area contributed by atoms with Crippen molar-refractivity contribution in [2.24, 2.45) is 5.41 Å². The summed E-state index contributed by atoms with van der Waals surface area (Å²) in [5, 5.41) is 15.1. The Morgan fingerprint density at radius 2 is 1.87 bits per heavy atom. The molecule has 0 saturated carbocycles. The number of fused-ring (bicyclic) bond motifs is 2. The molecule has 2 amide bonds. The number of amides is 2. The normalized spacial score (nSPS) is 20.6. The summed E-state index contributed by atoms with van der Waals surface area (Å²) >= 11 is 6.26. The van der Waals surface area contributed by atoms with Gasteiger partial charge in [0.15, 0.2) is 0 Å². The van der Waals surface area contributed by atoms with Gasteiger partial charge < -0.3 is 10.6 Å². The van der Waals surface area contributed by atoms with Crippen LogP contribution >= 0.6 is 11.6 Å². The van der Waals surface area contributed by atoms with Gasteiger partial charge in [0.1, 0.15) is 11.9 Å². The van der Waals surface area contributed by atoms with Gasteiger partial charge in [-0.25, -0.2) is 4.39 Å². The maximum atomic E-state index is 14.0. The van der Waals surface area contributed by atoms with E-state index in [1.54, 1.807) is 10.7 Å². The predicted octanol–water partition coefficient (Wildman–Crippen LogP) is 3.14. The Kier molecular flexibility index (Phi) is 8.04. The average Bonchev–Trinajstić information content (AvgIpc) is 3.36. The standard InChI is InChI=1S/C28H32ClFN6O2/c29-24-16-22(30)8-7-21(24)18-35-13-9-28(10-14-35)17-23-19-36(34-33-23)12-4-11-31-26(37)25(32-27(28)38)15-20-5-2-1-3-6-20/h1-3,5-8,16,19,25H,4,9-15,17-18H2,(H,31,37)(H,32,38)/t25-/m0/s1. The van der Waals surface area contributed by atoms with Gasteiger partial charge in [-0.3, -0.25) is 19.2 Å². The molecule has 2 aromatic carbocycles. The van der Waals surface area contributed by atoms with Gasteiger partial charge in [0.2, 0.25) is 11.8 Å². The summed E-state index contributed by atoms with van der Waals surface area (Å²) in [6.45, 7) is 3.01. The van der Waals surface area contributed by atoms with Crippen molar-refractivity contribution in [3.63, 3.8) is 0 Å². The largest absolute Gasteiger partial charge is 0.354 e. The van der Waals surface area contributed by atoms with Crippen molar-refractivity contribution in [1.29, 1.82) is 0 Å². The first-order chi connectivity index (χ1) is 18.4. The molecule has 1 atom stereocenters. The van der Waals surface area contributed by atoms with Crippen molar-refractivity contribution in [3.05, 3.63) is 82.4 Å². The highest BCUT2D eigenvalue weighted by Gasteiger charge is 2.43. The average molecular weight is 539 g/mol. The third-order valence-electron chi connectivity index (χ3n) is 7.58. The van der Waals surface area contributed by atoms with Crippen LogP contribution in [0.15, 0.2) is 54.7 Å². The number of piperidine rings is 1. The molecule has 38 heavy (non-hydrogen) atoms. The Morgan fingerprint density at radius 1 is 1.08 bits per heavy atom. The summed E-state index contributed by atoms with van der Waals surface area (Å²) in [6.07, 6.45) is 4.66. The molecule has 0 radical (unpaired) electrons. The number of nitrogens with one attached hydrogen (secondary N) is 2. The number of benzene rings is 2. The number of aryl methyl sites for hydroxylation is 1. The van der Waals surface area contributed by atoms with E-state index in [-0.39, 0.29) is 17.6 Å². The van der Waals surface area contributed by atoms with Crippen LogP contribution < -0.4 is 10.6 Å². The number of rotatable bonds is 4. The van der Waals surface area contributed by atoms with E-state index in [1.165, 1.54) is 12.1 Å². The molecular formula is C28H32ClFN6O2. The molecule has 3 aromatic rings. The smallest absolute Gasteiger partial charge is 0.242 e. The van der Waals surface area contributed by atoms with Gasteiger partial charge in [0.25, 0.3) is 0 Å². The van der Waals surface area contributed by atoms with Crippen LogP contribution in [0.2, 0.25) is 5.02 Å². The van der Waals surface area contributed by atoms with Crippen molar-refractivity contribution in [3.8, 4) is 0 Å². The minimum atomic E-state index is -0.729. The Balaban J connectivity index is 1.37. The van der Waals surface area contributed by atoms with Crippen LogP contribution in [0.4, 0.5) is 4.39 Å². The molecule has 1 saturated heterocycles. The zero-order chi connectivity index (χ0) is 26.5. The molecule has 2 bridgehead atoms. The quantitative estimate of drug-likeness (QED) is 0.532. The number of carbonyl (C=O) groups excluding carboxylic acids is 2. The Labute approximate surface area is 226 Å². The molecule has 200 valence electrons. The Bertz CT molecular complexity index is 1280. The number of hydrogen-bond donors (Lipinski definition) is 2. The minimum absolute atomic E-state index is 0.137. The lowest BCUT2D eigenvalue weighted by molar-refractivity contribution is -0.137. The minimum Gasteiger partial charge on any atom is -0.354 e. The number of halogens is 2. The Hall–Kier alpha value is -3.30. The highest BCUT2D eigenvalue weighted by atomic mass is 35.5. The fourth-order valence-electron chi connectivity index (χ4n) is 5.34. The van der Waals surface area contributed by atoms with Crippen molar-refractivity contribution in [1.82, 2.24) is 30.5 Å². The molecule has 0 aliphatic carbocycles. The maximum absolute atomic E-state index is 14.0. The fraction of sp³-hybridized carbons (Fsp3) is 0.429. The van der Waals surface area contributed by atoms with Crippen LogP contribution in [0.5, 0.6) is 0 Å². The van der Waals surface area contributed by atoms with Gasteiger partial charge in [0.05, 0.1) is 11.1 Å². The highest BCUT2D eigenvalue weighted by molar-refractivity contribution is 6.31. The van der Waals surface area contributed by atoms with Gasteiger partial charge in [-0.1, -0.05) is 53.2 Å². The van der Waals surface area contributed by atoms with Gasteiger partial charge >= 0.3 is 0 Å². The summed E-state index contributed by atoms with van der Waals surface area (Å²) in [6, 6.07) is 13.5. The zero-order valence-electron chi connectivity index (χ0n) is 21.2. The first-order valence-corrected chi connectivity index (χ1v) is 13.5. The second kappa shape index (κ2) is 11.6. The van der Waals surface area contributed by atoms with Gasteiger partial charge in [0, 0.05) is 43.7 Å². The van der Waals surface area contributed by atoms with Crippen LogP contribution in [0.25, 0.3) is 0 Å². The molecule has 1 aromatic heterocycles. The number of carbonyl (C=O) groups is 2. The molecule has 2 N–H and O–H groups in total. The predicted molar refractivity (Wildman–Crippen MR) is 142 cm³/mol. The van der Waals surface area contributed by atoms with E-state index in [1.807, 2.05) is 36.5 Å². The van der Waals surface area contributed by atoms with E-state index in [2.05, 4.69) is 25.8 Å². The molecule has 0 unspecified atom stereocenters. The summed E-state index contributed by atoms with van der Waals surface area (Å²) in [5.74, 6) is -0.681. The summed E-state index contributed by atoms with van der Waals surface area (Å²) in [7, 11) is 0. The number of likely N-dealkylation sites (tertiary alicyclic amines) is 1. The molecule has 2 aliphatic rings. The van der Waals surface area contributed by atoms with E-state index in [0.717, 1.165) is 16.8 Å². The maximum Gasteiger partial charge on any atom is 0.242 e. The van der Waals surface area contributed by atoms with Crippen molar-refractivity contribution < 1.29 is 14.0 Å². The van der Waals surface area contributed by atoms with E-state index in [0.29, 0.717) is 69.9 Å². The van der Waals surface area contributed by atoms with Gasteiger partial charge in [-0.15, -0.1) is 5.10 Å². The summed E-state index contributed by atoms with van der Waals surface area (Å²) in [5.41, 5.74) is 1.88. The summed E-state index contributed by atoms with van der Waals surface area (Å²) in [4.78, 5) is 29.4. The molecular weight excluding hydrogens is 507 g/mol. The molecule has 1 spiro atoms. The molecule has 2 aliphatic heterocycles. The van der Waals surface area contributed by atoms with Crippen LogP contribution in [-0.4, -0.2) is 57.4 Å². The lowest BCUT2D eigenvalue weighted by atomic mass is 9.73. The third-order valence-corrected chi connectivity index (χ3v) is 7.93. The van der Waals surface area contributed by atoms with Crippen LogP contribution in [0, 0.1) is 11.2 Å². The molecule has 10 heteroatoms. The van der Waals surface area contributed by atoms with Crippen molar-refractivity contribution in [2.45, 2.75) is 51.2 Å². The van der Waals surface area contributed by atoms with Crippen molar-refractivity contribution in [2.75, 3.05) is 19.6 Å². The second-order valence-corrected chi connectivity index (χ2v) is 10.7. The molecule has 1 fully saturated rings. The molecule has 5 rings (SSSR count). The van der Waals surface area contributed by atoms with Crippen molar-refractivity contribution >= 4 is 23.4 Å². The zero-order valence-corrected chi connectivity index (χ0v) is 22.0. The second-order valence-electron chi connectivity index (χ2n) is 10.3. The van der Waals surface area contributed by atoms with Gasteiger partial charge in [-0.2, -0.15) is 0 Å². The first-order valence-electron chi connectivity index (χ1n) is 13.1. The van der Waals surface area contributed by atoms with Crippen LogP contribution in [-0.2, 0) is 35.5 Å². The molecule has 3 heterocycles. The SMILES string of the molecule is O=C1NCCCn2cc(nn2)CC2(CCN(Cc3ccc(F)cc3Cl)CC2)C(=O)N[C@H]1Cc1ccccc1. The van der Waals surface area contributed by atoms with E-state index in [4.69, 9.17) is 11.6 Å². The van der Waals surface area contributed by atoms with Crippen LogP contribution in [0.3, 0.4) is 0 Å². The van der Waals surface area contributed by atoms with E-state index < -0.39 is 11.5 Å². The fourth-order valence-corrected chi connectivity index (χ4v) is 5.56. The van der Waals surface area contributed by atoms with E-state index >= 15 is 0 Å².